The van der Waals surface area contributed by atoms with Crippen molar-refractivity contribution in [3.05, 3.63) is 29.3 Å². The average molecular weight is 511 g/mol. The summed E-state index contributed by atoms with van der Waals surface area (Å²) in [5, 5.41) is 12.8. The summed E-state index contributed by atoms with van der Waals surface area (Å²) in [4.78, 5) is 14.9. The van der Waals surface area contributed by atoms with Crippen molar-refractivity contribution in [2.45, 2.75) is 136 Å². The Balaban J connectivity index is 1.71. The number of anilines is 1. The molecule has 0 saturated carbocycles. The van der Waals surface area contributed by atoms with Crippen molar-refractivity contribution in [1.29, 1.82) is 0 Å². The van der Waals surface area contributed by atoms with Gasteiger partial charge in [-0.1, -0.05) is 122 Å². The minimum Gasteiger partial charge on any atom is -0.394 e. The second-order valence-electron chi connectivity index (χ2n) is 11.4. The SMILES string of the molecule is CCCCCCCCCCCCCCCCC#Cc1ccc2c(c1)N(C)[C@@H](C(C)C)C(=O)N[C@H](CO)C2. The van der Waals surface area contributed by atoms with E-state index in [-0.39, 0.29) is 30.5 Å². The molecular weight excluding hydrogens is 456 g/mol. The second kappa shape index (κ2) is 18.3. The zero-order valence-electron chi connectivity index (χ0n) is 24.3. The molecule has 1 aliphatic heterocycles. The summed E-state index contributed by atoms with van der Waals surface area (Å²) in [6.07, 6.45) is 20.8. The molecule has 0 saturated heterocycles. The molecular formula is C33H54N2O2. The van der Waals surface area contributed by atoms with Crippen molar-refractivity contribution in [2.24, 2.45) is 5.92 Å². The largest absolute Gasteiger partial charge is 0.394 e. The first kappa shape index (κ1) is 31.2. The lowest BCUT2D eigenvalue weighted by Gasteiger charge is -2.37. The zero-order chi connectivity index (χ0) is 26.9. The standard InChI is InChI=1S/C33H54N2O2/c1-5-6-7-8-9-10-11-12-13-14-15-16-17-18-19-20-21-28-22-23-29-25-30(26-36)34-33(37)32(27(2)3)35(4)31(29)24-28/h22-24,27,30,32,36H,5-19,25-26H2,1-4H3,(H,34,37)/t30-,32-/m0/s1. The number of carbonyl (C=O) groups excluding carboxylic acids is 1. The normalized spacial score (nSPS) is 17.6. The van der Waals surface area contributed by atoms with Crippen molar-refractivity contribution >= 4 is 11.6 Å². The van der Waals surface area contributed by atoms with Crippen molar-refractivity contribution < 1.29 is 9.90 Å². The molecule has 1 aliphatic rings. The maximum Gasteiger partial charge on any atom is 0.243 e. The zero-order valence-corrected chi connectivity index (χ0v) is 24.3. The quantitative estimate of drug-likeness (QED) is 0.180. The summed E-state index contributed by atoms with van der Waals surface area (Å²) in [6.45, 7) is 6.36. The lowest BCUT2D eigenvalue weighted by Crippen LogP contribution is -2.54. The highest BCUT2D eigenvalue weighted by atomic mass is 16.3. The maximum atomic E-state index is 12.8. The summed E-state index contributed by atoms with van der Waals surface area (Å²) < 4.78 is 0. The van der Waals surface area contributed by atoms with E-state index in [0.717, 1.165) is 23.2 Å². The van der Waals surface area contributed by atoms with E-state index in [1.165, 1.54) is 89.9 Å². The minimum absolute atomic E-state index is 0.0171. The molecule has 4 heteroatoms. The van der Waals surface area contributed by atoms with Crippen molar-refractivity contribution in [3.8, 4) is 11.8 Å². The molecule has 1 heterocycles. The molecule has 1 aromatic rings. The van der Waals surface area contributed by atoms with Gasteiger partial charge < -0.3 is 15.3 Å². The third-order valence-electron chi connectivity index (χ3n) is 7.70. The molecule has 0 aliphatic carbocycles. The van der Waals surface area contributed by atoms with Gasteiger partial charge in [0.25, 0.3) is 0 Å². The number of nitrogens with zero attached hydrogens (tertiary/aromatic N) is 1. The third-order valence-corrected chi connectivity index (χ3v) is 7.70. The van der Waals surface area contributed by atoms with Gasteiger partial charge >= 0.3 is 0 Å². The fraction of sp³-hybridized carbons (Fsp3) is 0.727. The Hall–Kier alpha value is -1.99. The van der Waals surface area contributed by atoms with Gasteiger partial charge in [0.05, 0.1) is 12.6 Å². The Kier molecular flexibility index (Phi) is 15.4. The van der Waals surface area contributed by atoms with Crippen LogP contribution in [0.3, 0.4) is 0 Å². The number of benzene rings is 1. The van der Waals surface area contributed by atoms with E-state index in [4.69, 9.17) is 0 Å². The van der Waals surface area contributed by atoms with Crippen LogP contribution in [0, 0.1) is 17.8 Å². The van der Waals surface area contributed by atoms with E-state index < -0.39 is 0 Å². The highest BCUT2D eigenvalue weighted by molar-refractivity contribution is 5.86. The smallest absolute Gasteiger partial charge is 0.243 e. The first-order valence-electron chi connectivity index (χ1n) is 15.2. The Labute approximate surface area is 228 Å². The van der Waals surface area contributed by atoms with Crippen LogP contribution in [0.15, 0.2) is 18.2 Å². The Morgan fingerprint density at radius 2 is 1.51 bits per heavy atom. The molecule has 0 bridgehead atoms. The molecule has 208 valence electrons. The Bertz CT molecular complexity index is 838. The highest BCUT2D eigenvalue weighted by Crippen LogP contribution is 2.28. The average Bonchev–Trinajstić information content (AvgIpc) is 2.87. The van der Waals surface area contributed by atoms with Crippen molar-refractivity contribution in [3.63, 3.8) is 0 Å². The number of carbonyl (C=O) groups is 1. The number of rotatable bonds is 16. The molecule has 2 atom stereocenters. The molecule has 0 aromatic heterocycles. The molecule has 2 rings (SSSR count). The Morgan fingerprint density at radius 3 is 2.05 bits per heavy atom. The topological polar surface area (TPSA) is 52.6 Å². The number of amides is 1. The van der Waals surface area contributed by atoms with Crippen molar-refractivity contribution in [2.75, 3.05) is 18.6 Å². The number of aliphatic hydroxyl groups is 1. The van der Waals surface area contributed by atoms with Gasteiger partial charge in [0.2, 0.25) is 5.91 Å². The van der Waals surface area contributed by atoms with Gasteiger partial charge in [-0.15, -0.1) is 0 Å². The number of unbranched alkanes of at least 4 members (excludes halogenated alkanes) is 14. The van der Waals surface area contributed by atoms with Gasteiger partial charge in [-0.25, -0.2) is 0 Å². The summed E-state index contributed by atoms with van der Waals surface area (Å²) in [5.41, 5.74) is 3.19. The fourth-order valence-corrected chi connectivity index (χ4v) is 5.50. The van der Waals surface area contributed by atoms with Gasteiger partial charge in [0.15, 0.2) is 0 Å². The predicted octanol–water partition coefficient (Wildman–Crippen LogP) is 7.40. The molecule has 0 fully saturated rings. The number of likely N-dealkylation sites (N-methyl/N-ethyl adjacent to an activating group) is 1. The van der Waals surface area contributed by atoms with Gasteiger partial charge in [0, 0.05) is 24.7 Å². The van der Waals surface area contributed by atoms with E-state index in [1.807, 2.05) is 7.05 Å². The predicted molar refractivity (Wildman–Crippen MR) is 158 cm³/mol. The van der Waals surface area contributed by atoms with E-state index in [1.54, 1.807) is 0 Å². The first-order valence-corrected chi connectivity index (χ1v) is 15.2. The van der Waals surface area contributed by atoms with Crippen LogP contribution in [0.25, 0.3) is 0 Å². The summed E-state index contributed by atoms with van der Waals surface area (Å²) >= 11 is 0. The molecule has 0 radical (unpaired) electrons. The van der Waals surface area contributed by atoms with Crippen LogP contribution < -0.4 is 10.2 Å². The van der Waals surface area contributed by atoms with E-state index in [9.17, 15) is 9.90 Å². The lowest BCUT2D eigenvalue weighted by atomic mass is 9.94. The fourth-order valence-electron chi connectivity index (χ4n) is 5.50. The summed E-state index contributed by atoms with van der Waals surface area (Å²) in [6, 6.07) is 5.79. The molecule has 2 N–H and O–H groups in total. The number of hydrogen-bond donors (Lipinski definition) is 2. The van der Waals surface area contributed by atoms with E-state index in [0.29, 0.717) is 6.42 Å². The molecule has 37 heavy (non-hydrogen) atoms. The number of nitrogens with one attached hydrogen (secondary N) is 1. The number of hydrogen-bond acceptors (Lipinski definition) is 3. The second-order valence-corrected chi connectivity index (χ2v) is 11.4. The van der Waals surface area contributed by atoms with Crippen LogP contribution in [-0.2, 0) is 11.2 Å². The van der Waals surface area contributed by atoms with Crippen LogP contribution in [-0.4, -0.2) is 36.8 Å². The number of fused-ring (bicyclic) bond motifs is 1. The van der Waals surface area contributed by atoms with Crippen LogP contribution in [0.1, 0.15) is 128 Å². The summed E-state index contributed by atoms with van der Waals surface area (Å²) in [7, 11) is 1.99. The van der Waals surface area contributed by atoms with Gasteiger partial charge in [-0.3, -0.25) is 4.79 Å². The monoisotopic (exact) mass is 510 g/mol. The Morgan fingerprint density at radius 1 is 0.946 bits per heavy atom. The number of aliphatic hydroxyl groups excluding tert-OH is 1. The first-order chi connectivity index (χ1) is 18.0. The van der Waals surface area contributed by atoms with Gasteiger partial charge in [0.1, 0.15) is 6.04 Å². The van der Waals surface area contributed by atoms with Gasteiger partial charge in [-0.05, 0) is 36.5 Å². The lowest BCUT2D eigenvalue weighted by molar-refractivity contribution is -0.124. The molecule has 1 amide bonds. The molecule has 0 spiro atoms. The molecule has 0 unspecified atom stereocenters. The maximum absolute atomic E-state index is 12.8. The van der Waals surface area contributed by atoms with Crippen LogP contribution in [0.2, 0.25) is 0 Å². The molecule has 4 nitrogen and oxygen atoms in total. The van der Waals surface area contributed by atoms with Crippen LogP contribution in [0.4, 0.5) is 5.69 Å². The van der Waals surface area contributed by atoms with Gasteiger partial charge in [-0.2, -0.15) is 0 Å². The van der Waals surface area contributed by atoms with E-state index in [2.05, 4.69) is 61.0 Å². The summed E-state index contributed by atoms with van der Waals surface area (Å²) in [5.74, 6) is 6.86. The molecule has 1 aromatic carbocycles. The third kappa shape index (κ3) is 11.5. The highest BCUT2D eigenvalue weighted by Gasteiger charge is 2.32. The minimum atomic E-state index is -0.271. The van der Waals surface area contributed by atoms with E-state index >= 15 is 0 Å². The van der Waals surface area contributed by atoms with Crippen LogP contribution in [0.5, 0.6) is 0 Å². The van der Waals surface area contributed by atoms with Crippen molar-refractivity contribution in [1.82, 2.24) is 5.32 Å². The van der Waals surface area contributed by atoms with Crippen LogP contribution >= 0.6 is 0 Å².